The molecule has 2 rings (SSSR count). The molecule has 1 aromatic heterocycles. The van der Waals surface area contributed by atoms with Gasteiger partial charge in [0.05, 0.1) is 11.2 Å². The largest absolute Gasteiger partial charge is 0.261 e. The number of hydrogen-bond acceptors (Lipinski definition) is 5. The lowest BCUT2D eigenvalue weighted by Crippen LogP contribution is -2.30. The fourth-order valence-electron chi connectivity index (χ4n) is 2.09. The van der Waals surface area contributed by atoms with E-state index in [-0.39, 0.29) is 4.90 Å². The Morgan fingerprint density at radius 1 is 1.20 bits per heavy atom. The Bertz CT molecular complexity index is 851. The van der Waals surface area contributed by atoms with Gasteiger partial charge >= 0.3 is 0 Å². The summed E-state index contributed by atoms with van der Waals surface area (Å²) in [7, 11) is -3.52. The minimum atomic E-state index is -3.52. The van der Waals surface area contributed by atoms with E-state index >= 15 is 0 Å². The second-order valence-electron chi connectivity index (χ2n) is 5.00. The van der Waals surface area contributed by atoms with Crippen LogP contribution in [-0.4, -0.2) is 37.0 Å². The van der Waals surface area contributed by atoms with E-state index in [2.05, 4.69) is 15.5 Å². The van der Waals surface area contributed by atoms with Crippen LogP contribution in [0.3, 0.4) is 0 Å². The minimum Gasteiger partial charge on any atom is -0.261 e. The maximum Gasteiger partial charge on any atom is 0.244 e. The first-order valence-corrected chi connectivity index (χ1v) is 9.78. The van der Waals surface area contributed by atoms with Crippen LogP contribution in [0.5, 0.6) is 0 Å². The molecule has 0 unspecified atom stereocenters. The standard InChI is InChI=1S/C16H18Cl2N4O2S/c1-3-22(4-2)25(23,24)14-7-8-16(19-11-14)21-20-10-12-5-6-13(17)9-15(12)18/h5-11H,3-4H2,1-2H3,(H,19,21)/b20-10+. The maximum absolute atomic E-state index is 12.4. The Balaban J connectivity index is 2.09. The van der Waals surface area contributed by atoms with Crippen molar-refractivity contribution in [3.63, 3.8) is 0 Å². The number of nitrogens with one attached hydrogen (secondary N) is 1. The zero-order valence-corrected chi connectivity index (χ0v) is 16.1. The van der Waals surface area contributed by atoms with E-state index < -0.39 is 10.0 Å². The van der Waals surface area contributed by atoms with E-state index in [1.54, 1.807) is 38.1 Å². The van der Waals surface area contributed by atoms with Crippen molar-refractivity contribution >= 4 is 45.3 Å². The normalized spacial score (nSPS) is 12.0. The molecule has 1 heterocycles. The predicted octanol–water partition coefficient (Wildman–Crippen LogP) is 3.86. The van der Waals surface area contributed by atoms with Crippen molar-refractivity contribution in [3.8, 4) is 0 Å². The van der Waals surface area contributed by atoms with E-state index in [0.29, 0.717) is 34.5 Å². The number of halogens is 2. The second-order valence-corrected chi connectivity index (χ2v) is 7.79. The highest BCUT2D eigenvalue weighted by Crippen LogP contribution is 2.20. The number of anilines is 1. The van der Waals surface area contributed by atoms with Gasteiger partial charge < -0.3 is 0 Å². The Labute approximate surface area is 157 Å². The van der Waals surface area contributed by atoms with E-state index in [0.717, 1.165) is 0 Å². The van der Waals surface area contributed by atoms with E-state index in [4.69, 9.17) is 23.2 Å². The molecule has 0 aliphatic rings. The van der Waals surface area contributed by atoms with E-state index in [9.17, 15) is 8.42 Å². The van der Waals surface area contributed by atoms with E-state index in [1.165, 1.54) is 22.8 Å². The number of rotatable bonds is 7. The first-order valence-electron chi connectivity index (χ1n) is 7.58. The zero-order chi connectivity index (χ0) is 18.4. The number of hydrazone groups is 1. The number of aromatic nitrogens is 1. The third-order valence-corrected chi connectivity index (χ3v) is 6.02. The molecule has 1 aromatic carbocycles. The molecule has 25 heavy (non-hydrogen) atoms. The van der Waals surface area contributed by atoms with Crippen LogP contribution in [0.15, 0.2) is 46.5 Å². The van der Waals surface area contributed by atoms with Crippen molar-refractivity contribution < 1.29 is 8.42 Å². The molecule has 0 aliphatic carbocycles. The summed E-state index contributed by atoms with van der Waals surface area (Å²) in [6, 6.07) is 8.11. The summed E-state index contributed by atoms with van der Waals surface area (Å²) in [4.78, 5) is 4.22. The van der Waals surface area contributed by atoms with Crippen LogP contribution in [0.2, 0.25) is 10.0 Å². The van der Waals surface area contributed by atoms with Crippen molar-refractivity contribution in [1.29, 1.82) is 0 Å². The molecular weight excluding hydrogens is 383 g/mol. The highest BCUT2D eigenvalue weighted by atomic mass is 35.5. The summed E-state index contributed by atoms with van der Waals surface area (Å²) >= 11 is 11.9. The van der Waals surface area contributed by atoms with Gasteiger partial charge in [0.15, 0.2) is 0 Å². The van der Waals surface area contributed by atoms with Gasteiger partial charge in [-0.15, -0.1) is 0 Å². The maximum atomic E-state index is 12.4. The molecule has 0 amide bonds. The van der Waals surface area contributed by atoms with Crippen LogP contribution in [0.4, 0.5) is 5.82 Å². The van der Waals surface area contributed by atoms with Crippen molar-refractivity contribution in [3.05, 3.63) is 52.1 Å². The van der Waals surface area contributed by atoms with Crippen LogP contribution in [0, 0.1) is 0 Å². The molecule has 0 saturated carbocycles. The Morgan fingerprint density at radius 2 is 1.92 bits per heavy atom. The topological polar surface area (TPSA) is 74.7 Å². The average molecular weight is 401 g/mol. The summed E-state index contributed by atoms with van der Waals surface area (Å²) < 4.78 is 26.1. The molecule has 1 N–H and O–H groups in total. The summed E-state index contributed by atoms with van der Waals surface area (Å²) in [5.74, 6) is 0.417. The van der Waals surface area contributed by atoms with Gasteiger partial charge in [0.2, 0.25) is 10.0 Å². The molecular formula is C16H18Cl2N4O2S. The van der Waals surface area contributed by atoms with Crippen molar-refractivity contribution in [2.45, 2.75) is 18.7 Å². The van der Waals surface area contributed by atoms with Crippen molar-refractivity contribution in [2.24, 2.45) is 5.10 Å². The molecule has 0 fully saturated rings. The Kier molecular flexibility index (Phi) is 6.78. The number of benzene rings is 1. The van der Waals surface area contributed by atoms with Gasteiger partial charge in [-0.1, -0.05) is 43.1 Å². The lowest BCUT2D eigenvalue weighted by molar-refractivity contribution is 0.445. The Hall–Kier alpha value is -1.67. The highest BCUT2D eigenvalue weighted by Gasteiger charge is 2.21. The summed E-state index contributed by atoms with van der Waals surface area (Å²) in [5.41, 5.74) is 3.42. The molecule has 2 aromatic rings. The number of nitrogens with zero attached hydrogens (tertiary/aromatic N) is 3. The van der Waals surface area contributed by atoms with Gasteiger partial charge in [-0.05, 0) is 24.3 Å². The van der Waals surface area contributed by atoms with Crippen molar-refractivity contribution in [1.82, 2.24) is 9.29 Å². The highest BCUT2D eigenvalue weighted by molar-refractivity contribution is 7.89. The molecule has 0 saturated heterocycles. The summed E-state index contributed by atoms with van der Waals surface area (Å²) in [5, 5.41) is 5.06. The van der Waals surface area contributed by atoms with Gasteiger partial charge in [-0.25, -0.2) is 13.4 Å². The van der Waals surface area contributed by atoms with Gasteiger partial charge in [0, 0.05) is 29.9 Å². The third-order valence-electron chi connectivity index (χ3n) is 3.42. The van der Waals surface area contributed by atoms with Gasteiger partial charge in [0.1, 0.15) is 10.7 Å². The van der Waals surface area contributed by atoms with Crippen LogP contribution in [-0.2, 0) is 10.0 Å². The van der Waals surface area contributed by atoms with Crippen LogP contribution in [0.1, 0.15) is 19.4 Å². The molecule has 134 valence electrons. The zero-order valence-electron chi connectivity index (χ0n) is 13.8. The quantitative estimate of drug-likeness (QED) is 0.565. The van der Waals surface area contributed by atoms with Crippen LogP contribution >= 0.6 is 23.2 Å². The average Bonchev–Trinajstić information content (AvgIpc) is 2.58. The fourth-order valence-corrected chi connectivity index (χ4v) is 3.95. The molecule has 0 spiro atoms. The van der Waals surface area contributed by atoms with Crippen molar-refractivity contribution in [2.75, 3.05) is 18.5 Å². The van der Waals surface area contributed by atoms with E-state index in [1.807, 2.05) is 0 Å². The van der Waals surface area contributed by atoms with Crippen LogP contribution < -0.4 is 5.43 Å². The molecule has 6 nitrogen and oxygen atoms in total. The minimum absolute atomic E-state index is 0.145. The SMILES string of the molecule is CCN(CC)S(=O)(=O)c1ccc(N/N=C/c2ccc(Cl)cc2Cl)nc1. The first-order chi connectivity index (χ1) is 11.9. The molecule has 9 heteroatoms. The first kappa shape index (κ1) is 19.7. The number of sulfonamides is 1. The molecule has 0 radical (unpaired) electrons. The molecule has 0 atom stereocenters. The fraction of sp³-hybridized carbons (Fsp3) is 0.250. The van der Waals surface area contributed by atoms with Gasteiger partial charge in [-0.3, -0.25) is 5.43 Å². The lowest BCUT2D eigenvalue weighted by Gasteiger charge is -2.18. The molecule has 0 aliphatic heterocycles. The van der Waals surface area contributed by atoms with Gasteiger partial charge in [0.25, 0.3) is 0 Å². The number of hydrogen-bond donors (Lipinski definition) is 1. The predicted molar refractivity (Wildman–Crippen MR) is 102 cm³/mol. The lowest BCUT2D eigenvalue weighted by atomic mass is 10.2. The van der Waals surface area contributed by atoms with Gasteiger partial charge in [-0.2, -0.15) is 9.41 Å². The Morgan fingerprint density at radius 3 is 2.48 bits per heavy atom. The smallest absolute Gasteiger partial charge is 0.244 e. The summed E-state index contributed by atoms with van der Waals surface area (Å²) in [6.07, 6.45) is 2.83. The number of pyridine rings is 1. The monoisotopic (exact) mass is 400 g/mol. The second kappa shape index (κ2) is 8.62. The third kappa shape index (κ3) is 4.92. The molecule has 0 bridgehead atoms. The van der Waals surface area contributed by atoms with Crippen LogP contribution in [0.25, 0.3) is 0 Å². The summed E-state index contributed by atoms with van der Waals surface area (Å²) in [6.45, 7) is 4.40.